The van der Waals surface area contributed by atoms with Crippen LogP contribution in [0.3, 0.4) is 0 Å². The molecule has 0 aliphatic rings. The normalized spacial score (nSPS) is 11.3. The van der Waals surface area contributed by atoms with Crippen LogP contribution in [0, 0.1) is 5.92 Å². The summed E-state index contributed by atoms with van der Waals surface area (Å²) in [6.07, 6.45) is 2.92. The number of benzene rings is 3. The Morgan fingerprint density at radius 2 is 1.31 bits per heavy atom. The molecule has 0 bridgehead atoms. The lowest BCUT2D eigenvalue weighted by atomic mass is 9.92. The average molecular weight is 482 g/mol. The predicted octanol–water partition coefficient (Wildman–Crippen LogP) is 3.79. The summed E-state index contributed by atoms with van der Waals surface area (Å²) in [5, 5.41) is 54.4. The van der Waals surface area contributed by atoms with Crippen molar-refractivity contribution >= 4 is 18.0 Å². The Bertz CT molecular complexity index is 1180. The third-order valence-corrected chi connectivity index (χ3v) is 4.93. The quantitative estimate of drug-likeness (QED) is 0.207. The van der Waals surface area contributed by atoms with E-state index in [1.807, 2.05) is 12.1 Å². The van der Waals surface area contributed by atoms with E-state index in [4.69, 9.17) is 20.1 Å². The molecule has 3 aromatic carbocycles. The Morgan fingerprint density at radius 3 is 1.83 bits per heavy atom. The van der Waals surface area contributed by atoms with Gasteiger partial charge in [-0.1, -0.05) is 24.3 Å². The fourth-order valence-corrected chi connectivity index (χ4v) is 3.09. The minimum absolute atomic E-state index is 0.217. The monoisotopic (exact) mass is 482 g/mol. The summed E-state index contributed by atoms with van der Waals surface area (Å²) in [5.74, 6) is -2.82. The molecule has 0 fully saturated rings. The Morgan fingerprint density at radius 1 is 0.771 bits per heavy atom. The smallest absolute Gasteiger partial charge is 0.328 e. The molecule has 6 N–H and O–H groups in total. The van der Waals surface area contributed by atoms with Crippen molar-refractivity contribution in [3.05, 3.63) is 83.4 Å². The molecule has 0 heterocycles. The number of phenols is 4. The highest BCUT2D eigenvalue weighted by Crippen LogP contribution is 2.27. The first-order valence-electron chi connectivity index (χ1n) is 10.4. The minimum Gasteiger partial charge on any atom is -0.504 e. The maximum Gasteiger partial charge on any atom is 0.328 e. The number of hydrogen-bond donors (Lipinski definition) is 6. The molecule has 9 nitrogen and oxygen atoms in total. The number of carbonyl (C=O) groups is 2. The summed E-state index contributed by atoms with van der Waals surface area (Å²) in [5.41, 5.74) is 2.07. The number of aromatic hydroxyl groups is 4. The number of carboxylic acid groups (broad SMARTS) is 2. The van der Waals surface area contributed by atoms with Gasteiger partial charge in [0.2, 0.25) is 0 Å². The first-order valence-corrected chi connectivity index (χ1v) is 10.4. The minimum atomic E-state index is -1.06. The van der Waals surface area contributed by atoms with Crippen LogP contribution < -0.4 is 4.74 Å². The summed E-state index contributed by atoms with van der Waals surface area (Å²) in [7, 11) is 1.58. The van der Waals surface area contributed by atoms with E-state index in [0.29, 0.717) is 17.5 Å². The largest absolute Gasteiger partial charge is 0.504 e. The molecule has 9 heteroatoms. The first-order chi connectivity index (χ1) is 16.6. The standard InChI is InChI=1S/C17H18O5.C9H8O4/c1-22-14-5-2-11(3-6-14)8-13(17(20)21)9-12-4-7-15(18)16(19)10-12;10-7-3-1-6(5-8(7)11)2-4-9(12)13/h2-7,10,13,18-19H,8-9H2,1H3,(H,20,21);1-5,10-11H,(H,12,13). The maximum atomic E-state index is 11.4. The highest BCUT2D eigenvalue weighted by molar-refractivity contribution is 5.85. The second-order valence-corrected chi connectivity index (χ2v) is 7.53. The molecule has 0 saturated heterocycles. The Kier molecular flexibility index (Phi) is 9.53. The van der Waals surface area contributed by atoms with Gasteiger partial charge in [0, 0.05) is 6.08 Å². The molecule has 35 heavy (non-hydrogen) atoms. The molecule has 0 aromatic heterocycles. The molecule has 3 aromatic rings. The molecule has 1 atom stereocenters. The van der Waals surface area contributed by atoms with Crippen LogP contribution in [0.4, 0.5) is 0 Å². The molecule has 3 rings (SSSR count). The summed E-state index contributed by atoms with van der Waals surface area (Å²) < 4.78 is 5.07. The van der Waals surface area contributed by atoms with E-state index in [-0.39, 0.29) is 29.4 Å². The zero-order valence-corrected chi connectivity index (χ0v) is 18.8. The second-order valence-electron chi connectivity index (χ2n) is 7.53. The van der Waals surface area contributed by atoms with Crippen LogP contribution >= 0.6 is 0 Å². The van der Waals surface area contributed by atoms with Crippen molar-refractivity contribution in [2.24, 2.45) is 5.92 Å². The number of phenolic OH excluding ortho intramolecular Hbond substituents is 4. The Labute approximate surface area is 201 Å². The van der Waals surface area contributed by atoms with Crippen LogP contribution in [0.2, 0.25) is 0 Å². The summed E-state index contributed by atoms with van der Waals surface area (Å²) >= 11 is 0. The average Bonchev–Trinajstić information content (AvgIpc) is 2.82. The molecule has 0 amide bonds. The van der Waals surface area contributed by atoms with Gasteiger partial charge in [0.05, 0.1) is 13.0 Å². The molecule has 184 valence electrons. The predicted molar refractivity (Wildman–Crippen MR) is 128 cm³/mol. The lowest BCUT2D eigenvalue weighted by Gasteiger charge is -2.13. The zero-order chi connectivity index (χ0) is 26.0. The van der Waals surface area contributed by atoms with E-state index in [9.17, 15) is 24.9 Å². The van der Waals surface area contributed by atoms with E-state index in [1.165, 1.54) is 36.4 Å². The van der Waals surface area contributed by atoms with Crippen molar-refractivity contribution in [1.29, 1.82) is 0 Å². The molecular formula is C26H26O9. The lowest BCUT2D eigenvalue weighted by Crippen LogP contribution is -2.19. The topological polar surface area (TPSA) is 165 Å². The van der Waals surface area contributed by atoms with E-state index in [2.05, 4.69) is 0 Å². The van der Waals surface area contributed by atoms with Crippen LogP contribution in [-0.4, -0.2) is 49.7 Å². The summed E-state index contributed by atoms with van der Waals surface area (Å²) in [4.78, 5) is 21.6. The third kappa shape index (κ3) is 8.65. The number of rotatable bonds is 8. The van der Waals surface area contributed by atoms with Gasteiger partial charge in [-0.05, 0) is 72.0 Å². The molecular weight excluding hydrogens is 456 g/mol. The number of aliphatic carboxylic acids is 2. The van der Waals surface area contributed by atoms with Crippen LogP contribution in [0.15, 0.2) is 66.7 Å². The Balaban J connectivity index is 0.000000283. The third-order valence-electron chi connectivity index (χ3n) is 4.93. The van der Waals surface area contributed by atoms with Crippen LogP contribution in [0.25, 0.3) is 6.08 Å². The van der Waals surface area contributed by atoms with Crippen molar-refractivity contribution < 1.29 is 45.0 Å². The molecule has 1 unspecified atom stereocenters. The van der Waals surface area contributed by atoms with Crippen molar-refractivity contribution in [3.8, 4) is 28.7 Å². The van der Waals surface area contributed by atoms with Gasteiger partial charge in [0.15, 0.2) is 23.0 Å². The number of hydrogen-bond acceptors (Lipinski definition) is 7. The van der Waals surface area contributed by atoms with E-state index in [1.54, 1.807) is 25.3 Å². The first kappa shape index (κ1) is 26.6. The fourth-order valence-electron chi connectivity index (χ4n) is 3.09. The highest BCUT2D eigenvalue weighted by atomic mass is 16.5. The second kappa shape index (κ2) is 12.5. The van der Waals surface area contributed by atoms with Crippen LogP contribution in [0.1, 0.15) is 16.7 Å². The number of methoxy groups -OCH3 is 1. The molecule has 0 saturated carbocycles. The molecule has 0 aliphatic carbocycles. The van der Waals surface area contributed by atoms with Gasteiger partial charge in [-0.15, -0.1) is 0 Å². The molecule has 0 radical (unpaired) electrons. The van der Waals surface area contributed by atoms with Gasteiger partial charge >= 0.3 is 11.9 Å². The van der Waals surface area contributed by atoms with Crippen molar-refractivity contribution in [3.63, 3.8) is 0 Å². The lowest BCUT2D eigenvalue weighted by molar-refractivity contribution is -0.141. The van der Waals surface area contributed by atoms with E-state index >= 15 is 0 Å². The van der Waals surface area contributed by atoms with Crippen LogP contribution in [-0.2, 0) is 22.4 Å². The number of carboxylic acids is 2. The van der Waals surface area contributed by atoms with Gasteiger partial charge < -0.3 is 35.4 Å². The van der Waals surface area contributed by atoms with Gasteiger partial charge in [0.1, 0.15) is 5.75 Å². The summed E-state index contributed by atoms with van der Waals surface area (Å²) in [6, 6.07) is 15.7. The van der Waals surface area contributed by atoms with Crippen LogP contribution in [0.5, 0.6) is 28.7 Å². The maximum absolute atomic E-state index is 11.4. The zero-order valence-electron chi connectivity index (χ0n) is 18.8. The number of ether oxygens (including phenoxy) is 1. The van der Waals surface area contributed by atoms with Gasteiger partial charge in [0.25, 0.3) is 0 Å². The van der Waals surface area contributed by atoms with E-state index < -0.39 is 17.9 Å². The molecule has 0 aliphatic heterocycles. The summed E-state index contributed by atoms with van der Waals surface area (Å²) in [6.45, 7) is 0. The highest BCUT2D eigenvalue weighted by Gasteiger charge is 2.19. The van der Waals surface area contributed by atoms with E-state index in [0.717, 1.165) is 17.4 Å². The SMILES string of the molecule is COc1ccc(CC(Cc2ccc(O)c(O)c2)C(=O)O)cc1.O=C(O)C=Cc1ccc(O)c(O)c1. The van der Waals surface area contributed by atoms with Gasteiger partial charge in [-0.25, -0.2) is 4.79 Å². The van der Waals surface area contributed by atoms with Crippen molar-refractivity contribution in [1.82, 2.24) is 0 Å². The van der Waals surface area contributed by atoms with Crippen molar-refractivity contribution in [2.75, 3.05) is 7.11 Å². The molecule has 0 spiro atoms. The van der Waals surface area contributed by atoms with Gasteiger partial charge in [-0.3, -0.25) is 4.79 Å². The van der Waals surface area contributed by atoms with Gasteiger partial charge in [-0.2, -0.15) is 0 Å². The van der Waals surface area contributed by atoms with Crippen molar-refractivity contribution in [2.45, 2.75) is 12.8 Å². The fraction of sp³-hybridized carbons (Fsp3) is 0.154. The Hall–Kier alpha value is -4.66.